The molecule has 0 aromatic heterocycles. The van der Waals surface area contributed by atoms with Crippen LogP contribution in [0, 0.1) is 11.3 Å². The number of nitriles is 1. The number of hydrogen-bond acceptors (Lipinski definition) is 3. The lowest BCUT2D eigenvalue weighted by Crippen LogP contribution is -2.30. The van der Waals surface area contributed by atoms with E-state index in [1.54, 1.807) is 12.1 Å². The molecule has 0 saturated heterocycles. The predicted octanol–water partition coefficient (Wildman–Crippen LogP) is 1.87. The van der Waals surface area contributed by atoms with E-state index in [0.717, 1.165) is 12.8 Å². The summed E-state index contributed by atoms with van der Waals surface area (Å²) in [7, 11) is 0. The van der Waals surface area contributed by atoms with Gasteiger partial charge < -0.3 is 10.1 Å². The third kappa shape index (κ3) is 3.36. The van der Waals surface area contributed by atoms with Crippen LogP contribution in [-0.4, -0.2) is 18.6 Å². The van der Waals surface area contributed by atoms with Gasteiger partial charge in [-0.1, -0.05) is 11.6 Å². The first kappa shape index (κ1) is 11.7. The molecule has 17 heavy (non-hydrogen) atoms. The van der Waals surface area contributed by atoms with Crippen molar-refractivity contribution in [3.05, 3.63) is 28.8 Å². The van der Waals surface area contributed by atoms with Crippen molar-refractivity contribution in [3.63, 3.8) is 0 Å². The molecule has 0 unspecified atom stereocenters. The van der Waals surface area contributed by atoms with E-state index < -0.39 is 0 Å². The van der Waals surface area contributed by atoms with Gasteiger partial charge in [-0.25, -0.2) is 0 Å². The Morgan fingerprint density at radius 1 is 1.59 bits per heavy atom. The van der Waals surface area contributed by atoms with Crippen LogP contribution < -0.4 is 10.1 Å². The molecule has 0 radical (unpaired) electrons. The van der Waals surface area contributed by atoms with Crippen LogP contribution in [0.1, 0.15) is 18.4 Å². The van der Waals surface area contributed by atoms with Crippen LogP contribution in [0.2, 0.25) is 5.02 Å². The van der Waals surface area contributed by atoms with Gasteiger partial charge in [0.15, 0.2) is 6.61 Å². The molecule has 1 aromatic rings. The summed E-state index contributed by atoms with van der Waals surface area (Å²) in [5.41, 5.74) is 0.463. The number of halogens is 1. The molecule has 88 valence electrons. The van der Waals surface area contributed by atoms with Gasteiger partial charge in [0.2, 0.25) is 0 Å². The monoisotopic (exact) mass is 250 g/mol. The van der Waals surface area contributed by atoms with E-state index in [4.69, 9.17) is 21.6 Å². The van der Waals surface area contributed by atoms with E-state index in [1.165, 1.54) is 6.07 Å². The molecule has 0 aliphatic heterocycles. The number of nitrogens with zero attached hydrogens (tertiary/aromatic N) is 1. The molecule has 2 rings (SSSR count). The van der Waals surface area contributed by atoms with Crippen molar-refractivity contribution in [2.45, 2.75) is 18.9 Å². The first-order valence-corrected chi connectivity index (χ1v) is 5.68. The number of carbonyl (C=O) groups is 1. The summed E-state index contributed by atoms with van der Waals surface area (Å²) in [6.45, 7) is -0.0535. The Balaban J connectivity index is 1.89. The average molecular weight is 251 g/mol. The second-order valence-electron chi connectivity index (χ2n) is 3.89. The topological polar surface area (TPSA) is 62.1 Å². The second kappa shape index (κ2) is 5.07. The number of hydrogen-bond donors (Lipinski definition) is 1. The zero-order chi connectivity index (χ0) is 12.3. The summed E-state index contributed by atoms with van der Waals surface area (Å²) in [5, 5.41) is 11.8. The summed E-state index contributed by atoms with van der Waals surface area (Å²) in [5.74, 6) is 0.268. The van der Waals surface area contributed by atoms with E-state index in [-0.39, 0.29) is 12.5 Å². The highest BCUT2D eigenvalue weighted by Crippen LogP contribution is 2.25. The molecule has 0 bridgehead atoms. The fraction of sp³-hybridized carbons (Fsp3) is 0.333. The molecule has 0 heterocycles. The summed E-state index contributed by atoms with van der Waals surface area (Å²) >= 11 is 5.90. The fourth-order valence-corrected chi connectivity index (χ4v) is 1.56. The first-order chi connectivity index (χ1) is 8.19. The zero-order valence-corrected chi connectivity index (χ0v) is 9.83. The Morgan fingerprint density at radius 2 is 2.35 bits per heavy atom. The normalized spacial score (nSPS) is 13.9. The molecular formula is C12H11ClN2O2. The lowest BCUT2D eigenvalue weighted by Gasteiger charge is -2.08. The van der Waals surface area contributed by atoms with Gasteiger partial charge in [0.25, 0.3) is 5.91 Å². The standard InChI is InChI=1S/C12H11ClN2O2/c13-10-5-8(6-14)1-4-11(10)17-7-12(16)15-9-2-3-9/h1,4-5,9H,2-3,7H2,(H,15,16). The van der Waals surface area contributed by atoms with Gasteiger partial charge in [0.1, 0.15) is 5.75 Å². The molecule has 1 aliphatic rings. The molecule has 1 aromatic carbocycles. The van der Waals surface area contributed by atoms with Gasteiger partial charge >= 0.3 is 0 Å². The van der Waals surface area contributed by atoms with Crippen LogP contribution in [0.4, 0.5) is 0 Å². The van der Waals surface area contributed by atoms with Gasteiger partial charge in [-0.05, 0) is 31.0 Å². The molecule has 1 aliphatic carbocycles. The van der Waals surface area contributed by atoms with Crippen LogP contribution >= 0.6 is 11.6 Å². The van der Waals surface area contributed by atoms with E-state index in [9.17, 15) is 4.79 Å². The van der Waals surface area contributed by atoms with Gasteiger partial charge in [0.05, 0.1) is 16.7 Å². The Bertz CT molecular complexity index is 478. The van der Waals surface area contributed by atoms with Crippen molar-refractivity contribution >= 4 is 17.5 Å². The van der Waals surface area contributed by atoms with Crippen LogP contribution in [0.3, 0.4) is 0 Å². The molecule has 4 nitrogen and oxygen atoms in total. The van der Waals surface area contributed by atoms with Crippen molar-refractivity contribution in [3.8, 4) is 11.8 Å². The van der Waals surface area contributed by atoms with Crippen molar-refractivity contribution < 1.29 is 9.53 Å². The summed E-state index contributed by atoms with van der Waals surface area (Å²) < 4.78 is 5.27. The first-order valence-electron chi connectivity index (χ1n) is 5.31. The summed E-state index contributed by atoms with van der Waals surface area (Å²) in [6.07, 6.45) is 2.09. The van der Waals surface area contributed by atoms with E-state index in [0.29, 0.717) is 22.4 Å². The number of carbonyl (C=O) groups excluding carboxylic acids is 1. The molecule has 1 amide bonds. The van der Waals surface area contributed by atoms with Gasteiger partial charge in [-0.15, -0.1) is 0 Å². The summed E-state index contributed by atoms with van der Waals surface area (Å²) in [4.78, 5) is 11.4. The van der Waals surface area contributed by atoms with Crippen molar-refractivity contribution in [2.75, 3.05) is 6.61 Å². The minimum atomic E-state index is -0.145. The summed E-state index contributed by atoms with van der Waals surface area (Å²) in [6, 6.07) is 6.99. The van der Waals surface area contributed by atoms with Crippen molar-refractivity contribution in [2.24, 2.45) is 0 Å². The number of amides is 1. The Hall–Kier alpha value is -1.73. The maximum absolute atomic E-state index is 11.4. The Labute approximate surface area is 104 Å². The number of ether oxygens (including phenoxy) is 1. The fourth-order valence-electron chi connectivity index (χ4n) is 1.33. The molecule has 1 saturated carbocycles. The largest absolute Gasteiger partial charge is 0.482 e. The predicted molar refractivity (Wildman–Crippen MR) is 62.8 cm³/mol. The average Bonchev–Trinajstić information content (AvgIpc) is 3.11. The smallest absolute Gasteiger partial charge is 0.258 e. The van der Waals surface area contributed by atoms with Gasteiger partial charge in [-0.2, -0.15) is 5.26 Å². The van der Waals surface area contributed by atoms with Gasteiger partial charge in [-0.3, -0.25) is 4.79 Å². The molecule has 0 spiro atoms. The maximum atomic E-state index is 11.4. The highest BCUT2D eigenvalue weighted by Gasteiger charge is 2.23. The zero-order valence-electron chi connectivity index (χ0n) is 9.07. The quantitative estimate of drug-likeness (QED) is 0.887. The van der Waals surface area contributed by atoms with Crippen LogP contribution in [0.5, 0.6) is 5.75 Å². The third-order valence-electron chi connectivity index (χ3n) is 2.36. The maximum Gasteiger partial charge on any atom is 0.258 e. The molecule has 0 atom stereocenters. The highest BCUT2D eigenvalue weighted by molar-refractivity contribution is 6.32. The van der Waals surface area contributed by atoms with Crippen LogP contribution in [-0.2, 0) is 4.79 Å². The lowest BCUT2D eigenvalue weighted by atomic mass is 10.2. The van der Waals surface area contributed by atoms with Crippen LogP contribution in [0.25, 0.3) is 0 Å². The SMILES string of the molecule is N#Cc1ccc(OCC(=O)NC2CC2)c(Cl)c1. The Morgan fingerprint density at radius 3 is 2.94 bits per heavy atom. The van der Waals surface area contributed by atoms with E-state index >= 15 is 0 Å². The number of rotatable bonds is 4. The minimum Gasteiger partial charge on any atom is -0.482 e. The molecular weight excluding hydrogens is 240 g/mol. The molecule has 5 heteroatoms. The number of benzene rings is 1. The second-order valence-corrected chi connectivity index (χ2v) is 4.29. The van der Waals surface area contributed by atoms with Crippen molar-refractivity contribution in [1.29, 1.82) is 5.26 Å². The lowest BCUT2D eigenvalue weighted by molar-refractivity contribution is -0.123. The minimum absolute atomic E-state index is 0.0535. The van der Waals surface area contributed by atoms with E-state index in [2.05, 4.69) is 5.32 Å². The van der Waals surface area contributed by atoms with Gasteiger partial charge in [0, 0.05) is 6.04 Å². The molecule has 1 N–H and O–H groups in total. The highest BCUT2D eigenvalue weighted by atomic mass is 35.5. The van der Waals surface area contributed by atoms with Crippen LogP contribution in [0.15, 0.2) is 18.2 Å². The molecule has 1 fully saturated rings. The number of nitrogens with one attached hydrogen (secondary N) is 1. The van der Waals surface area contributed by atoms with E-state index in [1.807, 2.05) is 6.07 Å². The third-order valence-corrected chi connectivity index (χ3v) is 2.66. The Kier molecular flexibility index (Phi) is 3.50. The van der Waals surface area contributed by atoms with Crippen molar-refractivity contribution in [1.82, 2.24) is 5.32 Å².